The number of nitrogens with zero attached hydrogens (tertiary/aromatic N) is 1. The van der Waals surface area contributed by atoms with Gasteiger partial charge in [0.2, 0.25) is 0 Å². The van der Waals surface area contributed by atoms with Crippen LogP contribution in [0.2, 0.25) is 0 Å². The predicted molar refractivity (Wildman–Crippen MR) is 153 cm³/mol. The maximum Gasteiger partial charge on any atom is 0.416 e. The molecule has 6 nitrogen and oxygen atoms in total. The van der Waals surface area contributed by atoms with Crippen LogP contribution in [0.25, 0.3) is 10.9 Å². The van der Waals surface area contributed by atoms with Crippen LogP contribution in [0.4, 0.5) is 18.9 Å². The lowest BCUT2D eigenvalue weighted by atomic mass is 9.99. The Morgan fingerprint density at radius 2 is 1.88 bits per heavy atom. The number of alkyl halides is 3. The second-order valence-electron chi connectivity index (χ2n) is 9.94. The van der Waals surface area contributed by atoms with Crippen molar-refractivity contribution in [3.8, 4) is 0 Å². The van der Waals surface area contributed by atoms with Gasteiger partial charge in [0.1, 0.15) is 0 Å². The zero-order valence-corrected chi connectivity index (χ0v) is 22.8. The van der Waals surface area contributed by atoms with Crippen molar-refractivity contribution in [3.63, 3.8) is 0 Å². The number of benzene rings is 3. The first kappa shape index (κ1) is 28.1. The summed E-state index contributed by atoms with van der Waals surface area (Å²) in [5, 5.41) is 18.2. The summed E-state index contributed by atoms with van der Waals surface area (Å²) in [6.45, 7) is 2.31. The number of aliphatic hydroxyl groups is 1. The van der Waals surface area contributed by atoms with E-state index in [0.717, 1.165) is 52.1 Å². The molecule has 0 bridgehead atoms. The number of hydrogen-bond acceptors (Lipinski definition) is 5. The van der Waals surface area contributed by atoms with E-state index in [1.165, 1.54) is 6.07 Å². The van der Waals surface area contributed by atoms with Gasteiger partial charge in [-0.25, -0.2) is 0 Å². The van der Waals surface area contributed by atoms with Crippen LogP contribution in [0.1, 0.15) is 39.5 Å². The molecule has 0 fully saturated rings. The van der Waals surface area contributed by atoms with E-state index in [4.69, 9.17) is 0 Å². The van der Waals surface area contributed by atoms with Crippen LogP contribution in [0.5, 0.6) is 0 Å². The molecule has 3 aromatic carbocycles. The van der Waals surface area contributed by atoms with Gasteiger partial charge < -0.3 is 25.0 Å². The second-order valence-corrected chi connectivity index (χ2v) is 10.7. The van der Waals surface area contributed by atoms with Crippen LogP contribution >= 0.6 is 11.9 Å². The van der Waals surface area contributed by atoms with Crippen LogP contribution in [-0.2, 0) is 31.4 Å². The first-order chi connectivity index (χ1) is 19.2. The van der Waals surface area contributed by atoms with Crippen LogP contribution in [0, 0.1) is 0 Å². The zero-order valence-electron chi connectivity index (χ0n) is 22.0. The quantitative estimate of drug-likeness (QED) is 0.184. The monoisotopic (exact) mass is 568 g/mol. The van der Waals surface area contributed by atoms with Crippen molar-refractivity contribution < 1.29 is 23.1 Å². The molecule has 0 saturated heterocycles. The van der Waals surface area contributed by atoms with Crippen molar-refractivity contribution in [2.24, 2.45) is 0 Å². The number of amides is 1. The van der Waals surface area contributed by atoms with Crippen molar-refractivity contribution >= 4 is 34.4 Å². The van der Waals surface area contributed by atoms with Crippen LogP contribution in [0.15, 0.2) is 72.9 Å². The molecule has 210 valence electrons. The van der Waals surface area contributed by atoms with E-state index in [2.05, 4.69) is 33.0 Å². The Morgan fingerprint density at radius 1 is 1.10 bits per heavy atom. The molecular formula is C30H31F3N4O2S. The molecule has 1 aromatic heterocycles. The topological polar surface area (TPSA) is 78.3 Å². The molecule has 40 heavy (non-hydrogen) atoms. The Labute approximate surface area is 235 Å². The van der Waals surface area contributed by atoms with Gasteiger partial charge in [0.05, 0.1) is 34.8 Å². The fraction of sp³-hybridized carbons (Fsp3) is 0.300. The van der Waals surface area contributed by atoms with Gasteiger partial charge in [0, 0.05) is 30.2 Å². The number of carbonyl (C=O) groups excluding carboxylic acids is 1. The third-order valence-electron chi connectivity index (χ3n) is 7.10. The normalized spacial score (nSPS) is 14.5. The highest BCUT2D eigenvalue weighted by Gasteiger charge is 2.30. The zero-order chi connectivity index (χ0) is 28.3. The Balaban J connectivity index is 1.32. The van der Waals surface area contributed by atoms with Crippen molar-refractivity contribution in [3.05, 3.63) is 101 Å². The van der Waals surface area contributed by atoms with Gasteiger partial charge >= 0.3 is 6.18 Å². The SMILES string of the molecule is CCc1cn2c3c(cc(C(=O)N[C@@H](Cc4ccccc4)[C@H](O)CNCc4cccc(C(F)(F)F)c4)cc13)NSC2. The van der Waals surface area contributed by atoms with Gasteiger partial charge in [-0.1, -0.05) is 55.5 Å². The summed E-state index contributed by atoms with van der Waals surface area (Å²) in [5.74, 6) is 0.483. The summed E-state index contributed by atoms with van der Waals surface area (Å²) in [7, 11) is 0. The van der Waals surface area contributed by atoms with E-state index < -0.39 is 23.9 Å². The van der Waals surface area contributed by atoms with Crippen LogP contribution in [0.3, 0.4) is 0 Å². The van der Waals surface area contributed by atoms with Gasteiger partial charge in [-0.15, -0.1) is 0 Å². The third kappa shape index (κ3) is 6.29. The highest BCUT2D eigenvalue weighted by Crippen LogP contribution is 2.36. The number of hydrogen-bond donors (Lipinski definition) is 4. The van der Waals surface area contributed by atoms with Crippen LogP contribution < -0.4 is 15.4 Å². The average Bonchev–Trinajstić information content (AvgIpc) is 3.32. The highest BCUT2D eigenvalue weighted by atomic mass is 32.2. The molecule has 1 aliphatic rings. The molecule has 1 aliphatic heterocycles. The minimum Gasteiger partial charge on any atom is -0.390 e. The Kier molecular flexibility index (Phi) is 8.39. The smallest absolute Gasteiger partial charge is 0.390 e. The standard InChI is InChI=1S/C30H31F3N4O2S/c1-2-21-17-37-18-40-36-26-14-22(13-24(21)28(26)37)29(39)35-25(12-19-7-4-3-5-8-19)27(38)16-34-15-20-9-6-10-23(11-20)30(31,32)33/h3-11,13-14,17,25,27,34,36,38H,2,12,15-16,18H2,1H3,(H,35,39)/t25-,27+/m0/s1. The van der Waals surface area contributed by atoms with Crippen molar-refractivity contribution in [1.82, 2.24) is 15.2 Å². The van der Waals surface area contributed by atoms with Gasteiger partial charge in [0.25, 0.3) is 5.91 Å². The molecule has 10 heteroatoms. The molecule has 4 aromatic rings. The number of halogens is 3. The van der Waals surface area contributed by atoms with Crippen LogP contribution in [-0.4, -0.2) is 34.3 Å². The molecule has 0 radical (unpaired) electrons. The lowest BCUT2D eigenvalue weighted by Crippen LogP contribution is -2.48. The summed E-state index contributed by atoms with van der Waals surface area (Å²) in [5.41, 5.74) is 4.29. The van der Waals surface area contributed by atoms with Gasteiger partial charge in [-0.3, -0.25) is 4.79 Å². The average molecular weight is 569 g/mol. The van der Waals surface area contributed by atoms with E-state index >= 15 is 0 Å². The van der Waals surface area contributed by atoms with Gasteiger partial charge in [0.15, 0.2) is 0 Å². The number of aliphatic hydroxyl groups excluding tert-OH is 1. The number of rotatable bonds is 10. The molecule has 0 unspecified atom stereocenters. The third-order valence-corrected chi connectivity index (χ3v) is 7.87. The maximum absolute atomic E-state index is 13.5. The Morgan fingerprint density at radius 3 is 2.62 bits per heavy atom. The highest BCUT2D eigenvalue weighted by molar-refractivity contribution is 7.99. The molecule has 0 aliphatic carbocycles. The summed E-state index contributed by atoms with van der Waals surface area (Å²) < 4.78 is 44.7. The first-order valence-corrected chi connectivity index (χ1v) is 14.1. The molecular weight excluding hydrogens is 537 g/mol. The van der Waals surface area contributed by atoms with Crippen molar-refractivity contribution in [2.45, 2.75) is 50.5 Å². The van der Waals surface area contributed by atoms with E-state index in [0.29, 0.717) is 17.5 Å². The lowest BCUT2D eigenvalue weighted by Gasteiger charge is -2.25. The van der Waals surface area contributed by atoms with Crippen molar-refractivity contribution in [1.29, 1.82) is 0 Å². The minimum atomic E-state index is -4.42. The van der Waals surface area contributed by atoms with E-state index in [9.17, 15) is 23.1 Å². The number of anilines is 1. The number of aryl methyl sites for hydroxylation is 1. The molecule has 2 heterocycles. The predicted octanol–water partition coefficient (Wildman–Crippen LogP) is 5.75. The summed E-state index contributed by atoms with van der Waals surface area (Å²) in [6.07, 6.45) is -2.05. The number of aromatic nitrogens is 1. The molecule has 5 rings (SSSR count). The number of nitrogens with one attached hydrogen (secondary N) is 3. The Hall–Kier alpha value is -3.47. The van der Waals surface area contributed by atoms with Gasteiger partial charge in [-0.2, -0.15) is 13.2 Å². The fourth-order valence-corrected chi connectivity index (χ4v) is 5.77. The molecule has 1 amide bonds. The fourth-order valence-electron chi connectivity index (χ4n) is 5.05. The van der Waals surface area contributed by atoms with Gasteiger partial charge in [-0.05, 0) is 59.7 Å². The van der Waals surface area contributed by atoms with Crippen molar-refractivity contribution in [2.75, 3.05) is 11.3 Å². The minimum absolute atomic E-state index is 0.0827. The largest absolute Gasteiger partial charge is 0.416 e. The van der Waals surface area contributed by atoms with E-state index in [-0.39, 0.29) is 19.0 Å². The lowest BCUT2D eigenvalue weighted by molar-refractivity contribution is -0.137. The summed E-state index contributed by atoms with van der Waals surface area (Å²) >= 11 is 1.56. The molecule has 4 N–H and O–H groups in total. The molecule has 0 saturated carbocycles. The first-order valence-electron chi connectivity index (χ1n) is 13.2. The maximum atomic E-state index is 13.5. The van der Waals surface area contributed by atoms with E-state index in [1.807, 2.05) is 42.5 Å². The summed E-state index contributed by atoms with van der Waals surface area (Å²) in [4.78, 5) is 13.5. The summed E-state index contributed by atoms with van der Waals surface area (Å²) in [6, 6.07) is 17.7. The molecule has 2 atom stereocenters. The number of carbonyl (C=O) groups is 1. The molecule has 0 spiro atoms. The second kappa shape index (κ2) is 12.0. The van der Waals surface area contributed by atoms with E-state index in [1.54, 1.807) is 18.0 Å². The Bertz CT molecular complexity index is 1490.